The summed E-state index contributed by atoms with van der Waals surface area (Å²) in [5.41, 5.74) is 7.55. The number of anilines is 1. The number of nitrogens with zero attached hydrogens (tertiary/aromatic N) is 3. The number of halogens is 2. The van der Waals surface area contributed by atoms with E-state index in [0.29, 0.717) is 27.1 Å². The van der Waals surface area contributed by atoms with E-state index in [0.717, 1.165) is 5.56 Å². The number of benzene rings is 1. The lowest BCUT2D eigenvalue weighted by Crippen LogP contribution is -1.92. The van der Waals surface area contributed by atoms with Gasteiger partial charge in [0.1, 0.15) is 0 Å². The van der Waals surface area contributed by atoms with Gasteiger partial charge in [-0.2, -0.15) is 4.98 Å². The predicted octanol–water partition coefficient (Wildman–Crippen LogP) is 3.69. The van der Waals surface area contributed by atoms with Gasteiger partial charge >= 0.3 is 0 Å². The van der Waals surface area contributed by atoms with E-state index in [2.05, 4.69) is 15.1 Å². The van der Waals surface area contributed by atoms with Gasteiger partial charge in [0, 0.05) is 23.0 Å². The molecule has 0 atom stereocenters. The number of rotatable bonds is 2. The summed E-state index contributed by atoms with van der Waals surface area (Å²) in [6.07, 6.45) is 3.30. The minimum atomic E-state index is 0.263. The van der Waals surface area contributed by atoms with Crippen LogP contribution in [0.25, 0.3) is 22.8 Å². The summed E-state index contributed by atoms with van der Waals surface area (Å²) in [5, 5.41) is 4.70. The van der Waals surface area contributed by atoms with Gasteiger partial charge in [-0.05, 0) is 24.3 Å². The van der Waals surface area contributed by atoms with Crippen LogP contribution in [0.2, 0.25) is 10.0 Å². The SMILES string of the molecule is Nc1c(Cl)cc(Cl)cc1-c1nc(-c2ccncc2)no1. The van der Waals surface area contributed by atoms with Gasteiger partial charge in [0.15, 0.2) is 0 Å². The highest BCUT2D eigenvalue weighted by Gasteiger charge is 2.15. The first-order chi connectivity index (χ1) is 9.65. The van der Waals surface area contributed by atoms with Crippen molar-refractivity contribution in [2.24, 2.45) is 0 Å². The van der Waals surface area contributed by atoms with Gasteiger partial charge in [-0.25, -0.2) is 0 Å². The summed E-state index contributed by atoms with van der Waals surface area (Å²) in [6.45, 7) is 0. The van der Waals surface area contributed by atoms with Crippen LogP contribution in [0.3, 0.4) is 0 Å². The molecule has 20 heavy (non-hydrogen) atoms. The maximum Gasteiger partial charge on any atom is 0.260 e. The molecule has 0 aliphatic carbocycles. The zero-order valence-corrected chi connectivity index (χ0v) is 11.6. The molecule has 7 heteroatoms. The van der Waals surface area contributed by atoms with E-state index in [1.165, 1.54) is 0 Å². The number of hydrogen-bond acceptors (Lipinski definition) is 5. The third-order valence-corrected chi connectivity index (χ3v) is 3.22. The van der Waals surface area contributed by atoms with Gasteiger partial charge in [-0.15, -0.1) is 0 Å². The van der Waals surface area contributed by atoms with Gasteiger partial charge in [-0.3, -0.25) is 4.98 Å². The minimum absolute atomic E-state index is 0.263. The zero-order valence-electron chi connectivity index (χ0n) is 10.0. The normalized spacial score (nSPS) is 10.7. The van der Waals surface area contributed by atoms with Crippen LogP contribution in [0.5, 0.6) is 0 Å². The van der Waals surface area contributed by atoms with E-state index in [4.69, 9.17) is 33.5 Å². The Morgan fingerprint density at radius 3 is 2.60 bits per heavy atom. The van der Waals surface area contributed by atoms with Crippen molar-refractivity contribution in [2.45, 2.75) is 0 Å². The lowest BCUT2D eigenvalue weighted by molar-refractivity contribution is 0.432. The topological polar surface area (TPSA) is 77.8 Å². The molecule has 0 aliphatic heterocycles. The monoisotopic (exact) mass is 306 g/mol. The van der Waals surface area contributed by atoms with Gasteiger partial charge in [-0.1, -0.05) is 28.4 Å². The van der Waals surface area contributed by atoms with Crippen molar-refractivity contribution in [3.8, 4) is 22.8 Å². The molecule has 5 nitrogen and oxygen atoms in total. The van der Waals surface area contributed by atoms with Gasteiger partial charge < -0.3 is 10.3 Å². The third-order valence-electron chi connectivity index (χ3n) is 2.69. The fourth-order valence-electron chi connectivity index (χ4n) is 1.71. The lowest BCUT2D eigenvalue weighted by Gasteiger charge is -2.03. The Morgan fingerprint density at radius 1 is 1.10 bits per heavy atom. The van der Waals surface area contributed by atoms with E-state index >= 15 is 0 Å². The average molecular weight is 307 g/mol. The summed E-state index contributed by atoms with van der Waals surface area (Å²) >= 11 is 11.9. The molecule has 0 saturated heterocycles. The largest absolute Gasteiger partial charge is 0.397 e. The van der Waals surface area contributed by atoms with Crippen LogP contribution < -0.4 is 5.73 Å². The second-order valence-electron chi connectivity index (χ2n) is 4.01. The molecule has 100 valence electrons. The average Bonchev–Trinajstić information content (AvgIpc) is 2.93. The molecule has 2 N–H and O–H groups in total. The van der Waals surface area contributed by atoms with E-state index < -0.39 is 0 Å². The maximum absolute atomic E-state index is 5.99. The molecule has 0 aliphatic rings. The van der Waals surface area contributed by atoms with Crippen LogP contribution in [0.1, 0.15) is 0 Å². The van der Waals surface area contributed by atoms with E-state index in [9.17, 15) is 0 Å². The maximum atomic E-state index is 5.99. The zero-order chi connectivity index (χ0) is 14.1. The molecule has 0 saturated carbocycles. The van der Waals surface area contributed by atoms with Crippen LogP contribution in [-0.2, 0) is 0 Å². The summed E-state index contributed by atoms with van der Waals surface area (Å²) in [5.74, 6) is 0.705. The molecule has 0 bridgehead atoms. The van der Waals surface area contributed by atoms with Crippen LogP contribution in [0, 0.1) is 0 Å². The summed E-state index contributed by atoms with van der Waals surface area (Å²) in [4.78, 5) is 8.22. The number of aromatic nitrogens is 3. The third kappa shape index (κ3) is 2.33. The van der Waals surface area contributed by atoms with Crippen LogP contribution in [0.15, 0.2) is 41.2 Å². The second kappa shape index (κ2) is 5.11. The number of hydrogen-bond donors (Lipinski definition) is 1. The van der Waals surface area contributed by atoms with Crippen molar-refractivity contribution >= 4 is 28.9 Å². The first-order valence-corrected chi connectivity index (χ1v) is 6.40. The quantitative estimate of drug-likeness (QED) is 0.731. The van der Waals surface area contributed by atoms with Gasteiger partial charge in [0.2, 0.25) is 5.82 Å². The van der Waals surface area contributed by atoms with Crippen LogP contribution in [-0.4, -0.2) is 15.1 Å². The first kappa shape index (κ1) is 12.9. The van der Waals surface area contributed by atoms with Crippen molar-refractivity contribution < 1.29 is 4.52 Å². The Morgan fingerprint density at radius 2 is 1.85 bits per heavy atom. The molecule has 1 aromatic carbocycles. The summed E-state index contributed by atoms with van der Waals surface area (Å²) < 4.78 is 5.22. The van der Waals surface area contributed by atoms with Crippen molar-refractivity contribution in [1.29, 1.82) is 0 Å². The fraction of sp³-hybridized carbons (Fsp3) is 0. The van der Waals surface area contributed by atoms with E-state index in [1.54, 1.807) is 36.7 Å². The first-order valence-electron chi connectivity index (χ1n) is 5.64. The molecule has 0 fully saturated rings. The Kier molecular flexibility index (Phi) is 3.30. The standard InChI is InChI=1S/C13H8Cl2N4O/c14-8-5-9(11(16)10(15)6-8)13-18-12(19-20-13)7-1-3-17-4-2-7/h1-6H,16H2. The summed E-state index contributed by atoms with van der Waals surface area (Å²) in [6, 6.07) is 6.75. The van der Waals surface area contributed by atoms with Gasteiger partial charge in [0.05, 0.1) is 16.3 Å². The number of pyridine rings is 1. The van der Waals surface area contributed by atoms with Crippen molar-refractivity contribution in [3.05, 3.63) is 46.7 Å². The smallest absolute Gasteiger partial charge is 0.260 e. The number of nitrogen functional groups attached to an aromatic ring is 1. The molecular weight excluding hydrogens is 299 g/mol. The molecule has 3 aromatic rings. The molecule has 2 aromatic heterocycles. The lowest BCUT2D eigenvalue weighted by atomic mass is 10.2. The molecule has 0 amide bonds. The van der Waals surface area contributed by atoms with Crippen molar-refractivity contribution in [1.82, 2.24) is 15.1 Å². The Hall–Kier alpha value is -2.11. The van der Waals surface area contributed by atoms with Crippen LogP contribution >= 0.6 is 23.2 Å². The van der Waals surface area contributed by atoms with E-state index in [1.807, 2.05) is 0 Å². The van der Waals surface area contributed by atoms with Crippen molar-refractivity contribution in [2.75, 3.05) is 5.73 Å². The van der Waals surface area contributed by atoms with Crippen molar-refractivity contribution in [3.63, 3.8) is 0 Å². The highest BCUT2D eigenvalue weighted by atomic mass is 35.5. The summed E-state index contributed by atoms with van der Waals surface area (Å²) in [7, 11) is 0. The highest BCUT2D eigenvalue weighted by molar-refractivity contribution is 6.37. The Bertz CT molecular complexity index is 758. The predicted molar refractivity (Wildman–Crippen MR) is 77.4 cm³/mol. The molecule has 0 radical (unpaired) electrons. The fourth-order valence-corrected chi connectivity index (χ4v) is 2.21. The Balaban J connectivity index is 2.07. The minimum Gasteiger partial charge on any atom is -0.397 e. The van der Waals surface area contributed by atoms with Crippen LogP contribution in [0.4, 0.5) is 5.69 Å². The van der Waals surface area contributed by atoms with E-state index in [-0.39, 0.29) is 5.89 Å². The van der Waals surface area contributed by atoms with Gasteiger partial charge in [0.25, 0.3) is 5.89 Å². The molecule has 3 rings (SSSR count). The molecular formula is C13H8Cl2N4O. The molecule has 0 spiro atoms. The second-order valence-corrected chi connectivity index (χ2v) is 4.85. The molecule has 2 heterocycles. The number of nitrogens with two attached hydrogens (primary N) is 1. The molecule has 0 unspecified atom stereocenters. The highest BCUT2D eigenvalue weighted by Crippen LogP contribution is 2.34. The Labute approximate surface area is 124 Å².